The lowest BCUT2D eigenvalue weighted by Crippen LogP contribution is -2.25. The van der Waals surface area contributed by atoms with E-state index in [9.17, 15) is 14.9 Å². The van der Waals surface area contributed by atoms with Crippen molar-refractivity contribution in [2.45, 2.75) is 6.10 Å². The van der Waals surface area contributed by atoms with Crippen molar-refractivity contribution in [2.75, 3.05) is 5.32 Å². The Morgan fingerprint density at radius 2 is 1.86 bits per heavy atom. The molecular formula is C21H14ClN3O4. The Balaban J connectivity index is 1.90. The van der Waals surface area contributed by atoms with Gasteiger partial charge in [0.2, 0.25) is 6.10 Å². The van der Waals surface area contributed by atoms with E-state index in [1.807, 2.05) is 6.07 Å². The van der Waals surface area contributed by atoms with Crippen LogP contribution in [-0.2, 0) is 4.79 Å². The molecule has 3 aromatic carbocycles. The van der Waals surface area contributed by atoms with Gasteiger partial charge in [0.1, 0.15) is 10.8 Å². The number of nitro benzene ring substituents is 1. The van der Waals surface area contributed by atoms with Gasteiger partial charge in [0, 0.05) is 17.3 Å². The first-order valence-corrected chi connectivity index (χ1v) is 8.82. The minimum atomic E-state index is -1.04. The van der Waals surface area contributed by atoms with Crippen LogP contribution in [0.15, 0.2) is 72.8 Å². The second kappa shape index (κ2) is 8.87. The monoisotopic (exact) mass is 407 g/mol. The Bertz CT molecular complexity index is 1100. The molecular weight excluding hydrogens is 394 g/mol. The van der Waals surface area contributed by atoms with E-state index in [2.05, 4.69) is 5.32 Å². The van der Waals surface area contributed by atoms with Gasteiger partial charge in [0.15, 0.2) is 0 Å². The van der Waals surface area contributed by atoms with Gasteiger partial charge in [-0.1, -0.05) is 48.0 Å². The van der Waals surface area contributed by atoms with Crippen LogP contribution in [0, 0.1) is 21.4 Å². The number of carbonyl (C=O) groups excluding carboxylic acids is 1. The number of hydrogen-bond donors (Lipinski definition) is 1. The SMILES string of the molecule is N#Cc1cccc(O[C@@H](C(=O)Nc2ccc(Cl)c([N+](=O)[O-])c2)c2ccccc2)c1. The number of halogens is 1. The molecule has 8 heteroatoms. The van der Waals surface area contributed by atoms with Crippen LogP contribution in [-0.4, -0.2) is 10.8 Å². The molecule has 0 unspecified atom stereocenters. The van der Waals surface area contributed by atoms with Crippen LogP contribution in [0.25, 0.3) is 0 Å². The molecule has 3 aromatic rings. The third kappa shape index (κ3) is 4.89. The summed E-state index contributed by atoms with van der Waals surface area (Å²) in [6.07, 6.45) is -1.04. The zero-order valence-electron chi connectivity index (χ0n) is 14.9. The van der Waals surface area contributed by atoms with Crippen LogP contribution in [0.1, 0.15) is 17.2 Å². The van der Waals surface area contributed by atoms with Crippen molar-refractivity contribution in [3.05, 3.63) is 99.1 Å². The number of nitriles is 1. The summed E-state index contributed by atoms with van der Waals surface area (Å²) in [6, 6.07) is 21.2. The molecule has 1 atom stereocenters. The Hall–Kier alpha value is -3.89. The summed E-state index contributed by atoms with van der Waals surface area (Å²) in [4.78, 5) is 23.4. The molecule has 0 aliphatic rings. The van der Waals surface area contributed by atoms with Gasteiger partial charge in [0.05, 0.1) is 16.6 Å². The van der Waals surface area contributed by atoms with E-state index in [0.29, 0.717) is 16.9 Å². The van der Waals surface area contributed by atoms with E-state index < -0.39 is 16.9 Å². The Kier molecular flexibility index (Phi) is 6.07. The van der Waals surface area contributed by atoms with E-state index >= 15 is 0 Å². The second-order valence-electron chi connectivity index (χ2n) is 5.96. The molecule has 0 heterocycles. The van der Waals surface area contributed by atoms with Crippen LogP contribution in [0.4, 0.5) is 11.4 Å². The van der Waals surface area contributed by atoms with Crippen molar-refractivity contribution >= 4 is 28.9 Å². The summed E-state index contributed by atoms with van der Waals surface area (Å²) >= 11 is 5.82. The minimum Gasteiger partial charge on any atom is -0.476 e. The molecule has 0 aliphatic heterocycles. The summed E-state index contributed by atoms with van der Waals surface area (Å²) in [5.74, 6) is -0.190. The van der Waals surface area contributed by atoms with Gasteiger partial charge in [-0.3, -0.25) is 14.9 Å². The lowest BCUT2D eigenvalue weighted by atomic mass is 10.1. The number of carbonyl (C=O) groups is 1. The highest BCUT2D eigenvalue weighted by Gasteiger charge is 2.24. The molecule has 3 rings (SSSR count). The zero-order valence-corrected chi connectivity index (χ0v) is 15.7. The number of nitro groups is 1. The van der Waals surface area contributed by atoms with Crippen molar-refractivity contribution in [2.24, 2.45) is 0 Å². The molecule has 29 heavy (non-hydrogen) atoms. The maximum absolute atomic E-state index is 12.9. The summed E-state index contributed by atoms with van der Waals surface area (Å²) in [6.45, 7) is 0. The van der Waals surface area contributed by atoms with Crippen molar-refractivity contribution < 1.29 is 14.5 Å². The Labute approximate surface area is 171 Å². The van der Waals surface area contributed by atoms with Crippen LogP contribution in [0.5, 0.6) is 5.75 Å². The van der Waals surface area contributed by atoms with Crippen molar-refractivity contribution in [3.8, 4) is 11.8 Å². The fourth-order valence-electron chi connectivity index (χ4n) is 2.61. The predicted octanol–water partition coefficient (Wildman–Crippen LogP) is 4.88. The normalized spacial score (nSPS) is 11.2. The summed E-state index contributed by atoms with van der Waals surface area (Å²) in [5.41, 5.74) is 0.864. The zero-order chi connectivity index (χ0) is 20.8. The van der Waals surface area contributed by atoms with Gasteiger partial charge >= 0.3 is 0 Å². The van der Waals surface area contributed by atoms with Crippen molar-refractivity contribution in [1.82, 2.24) is 0 Å². The largest absolute Gasteiger partial charge is 0.476 e. The third-order valence-corrected chi connectivity index (χ3v) is 4.29. The average molecular weight is 408 g/mol. The van der Waals surface area contributed by atoms with Gasteiger partial charge in [-0.25, -0.2) is 0 Å². The molecule has 0 saturated heterocycles. The molecule has 7 nitrogen and oxygen atoms in total. The fourth-order valence-corrected chi connectivity index (χ4v) is 2.80. The van der Waals surface area contributed by atoms with E-state index in [4.69, 9.17) is 21.6 Å². The molecule has 0 bridgehead atoms. The third-order valence-electron chi connectivity index (χ3n) is 3.97. The van der Waals surface area contributed by atoms with E-state index in [0.717, 1.165) is 0 Å². The van der Waals surface area contributed by atoms with Gasteiger partial charge in [-0.15, -0.1) is 0 Å². The van der Waals surface area contributed by atoms with E-state index in [1.54, 1.807) is 48.5 Å². The topological polar surface area (TPSA) is 105 Å². The molecule has 1 N–H and O–H groups in total. The first-order valence-electron chi connectivity index (χ1n) is 8.44. The Morgan fingerprint density at radius 3 is 2.55 bits per heavy atom. The average Bonchev–Trinajstić information content (AvgIpc) is 2.74. The first kappa shape index (κ1) is 19.9. The minimum absolute atomic E-state index is 0.0304. The predicted molar refractivity (Wildman–Crippen MR) is 108 cm³/mol. The second-order valence-corrected chi connectivity index (χ2v) is 6.37. The smallest absolute Gasteiger partial charge is 0.289 e. The summed E-state index contributed by atoms with van der Waals surface area (Å²) < 4.78 is 5.86. The maximum atomic E-state index is 12.9. The van der Waals surface area contributed by atoms with Crippen LogP contribution >= 0.6 is 11.6 Å². The van der Waals surface area contributed by atoms with Crippen LogP contribution in [0.3, 0.4) is 0 Å². The van der Waals surface area contributed by atoms with E-state index in [1.165, 1.54) is 24.3 Å². The number of ether oxygens (including phenoxy) is 1. The number of anilines is 1. The van der Waals surface area contributed by atoms with E-state index in [-0.39, 0.29) is 16.4 Å². The highest BCUT2D eigenvalue weighted by Crippen LogP contribution is 2.29. The Morgan fingerprint density at radius 1 is 1.10 bits per heavy atom. The molecule has 0 spiro atoms. The van der Waals surface area contributed by atoms with Gasteiger partial charge in [-0.05, 0) is 30.3 Å². The van der Waals surface area contributed by atoms with Gasteiger partial charge in [0.25, 0.3) is 11.6 Å². The lowest BCUT2D eigenvalue weighted by Gasteiger charge is -2.19. The molecule has 1 amide bonds. The fraction of sp³-hybridized carbons (Fsp3) is 0.0476. The molecule has 144 valence electrons. The number of amides is 1. The number of nitrogens with zero attached hydrogens (tertiary/aromatic N) is 2. The van der Waals surface area contributed by atoms with Gasteiger partial charge in [-0.2, -0.15) is 5.26 Å². The first-order chi connectivity index (χ1) is 14.0. The van der Waals surface area contributed by atoms with Crippen molar-refractivity contribution in [1.29, 1.82) is 5.26 Å². The number of benzene rings is 3. The van der Waals surface area contributed by atoms with Gasteiger partial charge < -0.3 is 10.1 Å². The lowest BCUT2D eigenvalue weighted by molar-refractivity contribution is -0.384. The quantitative estimate of drug-likeness (QED) is 0.463. The van der Waals surface area contributed by atoms with Crippen LogP contribution in [0.2, 0.25) is 5.02 Å². The van der Waals surface area contributed by atoms with Crippen molar-refractivity contribution in [3.63, 3.8) is 0 Å². The standard InChI is InChI=1S/C21H14ClN3O4/c22-18-10-9-16(12-19(18)25(27)28)24-21(26)20(15-6-2-1-3-7-15)29-17-8-4-5-14(11-17)13-23/h1-12,20H,(H,24,26)/t20-/m1/s1. The molecule has 0 saturated carbocycles. The number of hydrogen-bond acceptors (Lipinski definition) is 5. The highest BCUT2D eigenvalue weighted by molar-refractivity contribution is 6.32. The molecule has 0 aromatic heterocycles. The highest BCUT2D eigenvalue weighted by atomic mass is 35.5. The number of rotatable bonds is 6. The van der Waals surface area contributed by atoms with Crippen LogP contribution < -0.4 is 10.1 Å². The maximum Gasteiger partial charge on any atom is 0.289 e. The summed E-state index contributed by atoms with van der Waals surface area (Å²) in [7, 11) is 0. The summed E-state index contributed by atoms with van der Waals surface area (Å²) in [5, 5.41) is 22.7. The molecule has 0 fully saturated rings. The molecule has 0 aliphatic carbocycles. The molecule has 0 radical (unpaired) electrons. The number of nitrogens with one attached hydrogen (secondary N) is 1.